The zero-order valence-corrected chi connectivity index (χ0v) is 11.7. The average molecular weight is 268 g/mol. The molecule has 1 N–H and O–H groups in total. The fourth-order valence-corrected chi connectivity index (χ4v) is 3.52. The van der Waals surface area contributed by atoms with Gasteiger partial charge >= 0.3 is 0 Å². The van der Waals surface area contributed by atoms with Gasteiger partial charge in [-0.05, 0) is 67.7 Å². The largest absolute Gasteiger partial charge is 0.326 e. The number of aryl methyl sites for hydroxylation is 2. The number of anilines is 1. The molecule has 1 saturated carbocycles. The third-order valence-electron chi connectivity index (χ3n) is 4.66. The summed E-state index contributed by atoms with van der Waals surface area (Å²) < 4.78 is 0. The van der Waals surface area contributed by atoms with Gasteiger partial charge in [0.05, 0.1) is 6.07 Å². The molecule has 0 saturated heterocycles. The zero-order valence-electron chi connectivity index (χ0n) is 11.7. The van der Waals surface area contributed by atoms with Gasteiger partial charge in [-0.15, -0.1) is 0 Å². The molecule has 2 aliphatic carbocycles. The van der Waals surface area contributed by atoms with Crippen molar-refractivity contribution in [3.63, 3.8) is 0 Å². The van der Waals surface area contributed by atoms with Gasteiger partial charge in [0.1, 0.15) is 0 Å². The van der Waals surface area contributed by atoms with Gasteiger partial charge in [-0.1, -0.05) is 6.07 Å². The Labute approximate surface area is 120 Å². The van der Waals surface area contributed by atoms with Crippen molar-refractivity contribution in [3.8, 4) is 6.07 Å². The van der Waals surface area contributed by atoms with Crippen LogP contribution in [0.3, 0.4) is 0 Å². The maximum absolute atomic E-state index is 12.3. The summed E-state index contributed by atoms with van der Waals surface area (Å²) in [5.41, 5.74) is 3.74. The molecule has 1 fully saturated rings. The zero-order chi connectivity index (χ0) is 13.9. The van der Waals surface area contributed by atoms with Gasteiger partial charge in [-0.25, -0.2) is 0 Å². The molecule has 3 heteroatoms. The lowest BCUT2D eigenvalue weighted by atomic mass is 10.0. The number of rotatable bonds is 3. The van der Waals surface area contributed by atoms with Crippen LogP contribution in [0.4, 0.5) is 5.69 Å². The van der Waals surface area contributed by atoms with E-state index in [0.717, 1.165) is 31.4 Å². The van der Waals surface area contributed by atoms with E-state index >= 15 is 0 Å². The number of fused-ring (bicyclic) bond motifs is 1. The third kappa shape index (κ3) is 2.70. The number of hydrogen-bond acceptors (Lipinski definition) is 2. The Hall–Kier alpha value is -1.82. The first-order valence-corrected chi connectivity index (χ1v) is 7.56. The highest BCUT2D eigenvalue weighted by atomic mass is 16.1. The second kappa shape index (κ2) is 5.66. The molecule has 1 aromatic rings. The summed E-state index contributed by atoms with van der Waals surface area (Å²) in [6, 6.07) is 8.50. The highest BCUT2D eigenvalue weighted by molar-refractivity contribution is 5.92. The summed E-state index contributed by atoms with van der Waals surface area (Å²) in [6.45, 7) is 0. The Kier molecular flexibility index (Phi) is 3.73. The van der Waals surface area contributed by atoms with Crippen LogP contribution in [-0.4, -0.2) is 5.91 Å². The lowest BCUT2D eigenvalue weighted by molar-refractivity contribution is -0.119. The van der Waals surface area contributed by atoms with Crippen molar-refractivity contribution in [1.29, 1.82) is 5.26 Å². The molecule has 1 amide bonds. The molecular formula is C17H20N2O. The molecule has 1 aromatic carbocycles. The molecule has 20 heavy (non-hydrogen) atoms. The monoisotopic (exact) mass is 268 g/mol. The summed E-state index contributed by atoms with van der Waals surface area (Å²) in [6.07, 6.45) is 6.91. The average Bonchev–Trinajstić information content (AvgIpc) is 3.07. The van der Waals surface area contributed by atoms with E-state index in [4.69, 9.17) is 5.26 Å². The molecular weight excluding hydrogens is 248 g/mol. The van der Waals surface area contributed by atoms with Crippen LogP contribution in [0.1, 0.15) is 43.2 Å². The summed E-state index contributed by atoms with van der Waals surface area (Å²) in [7, 11) is 0. The summed E-state index contributed by atoms with van der Waals surface area (Å²) in [5, 5.41) is 11.8. The highest BCUT2D eigenvalue weighted by Crippen LogP contribution is 2.34. The van der Waals surface area contributed by atoms with Crippen molar-refractivity contribution in [2.45, 2.75) is 44.9 Å². The minimum absolute atomic E-state index is 0.0848. The van der Waals surface area contributed by atoms with E-state index in [1.165, 1.54) is 24.0 Å². The lowest BCUT2D eigenvalue weighted by Crippen LogP contribution is -2.20. The standard InChI is InChI=1S/C17H20N2O/c18-9-8-12-4-5-15(10-12)17(20)19-16-7-6-13-2-1-3-14(13)11-16/h6-7,11-12,15H,1-5,8,10H2,(H,19,20)/t12-,15+/m1/s1. The fraction of sp³-hybridized carbons (Fsp3) is 0.529. The van der Waals surface area contributed by atoms with Crippen molar-refractivity contribution >= 4 is 11.6 Å². The number of nitriles is 1. The van der Waals surface area contributed by atoms with Crippen molar-refractivity contribution in [1.82, 2.24) is 0 Å². The number of carbonyl (C=O) groups is 1. The second-order valence-corrected chi connectivity index (χ2v) is 6.06. The highest BCUT2D eigenvalue weighted by Gasteiger charge is 2.29. The predicted octanol–water partition coefficient (Wildman–Crippen LogP) is 3.44. The van der Waals surface area contributed by atoms with E-state index in [0.29, 0.717) is 12.3 Å². The Morgan fingerprint density at radius 1 is 1.30 bits per heavy atom. The van der Waals surface area contributed by atoms with Crippen LogP contribution in [0, 0.1) is 23.2 Å². The van der Waals surface area contributed by atoms with Crippen LogP contribution in [0.15, 0.2) is 18.2 Å². The van der Waals surface area contributed by atoms with E-state index in [1.54, 1.807) is 0 Å². The van der Waals surface area contributed by atoms with E-state index in [1.807, 2.05) is 6.07 Å². The molecule has 2 aliphatic rings. The van der Waals surface area contributed by atoms with Gasteiger partial charge in [0, 0.05) is 18.0 Å². The minimum atomic E-state index is 0.0848. The Bertz CT molecular complexity index is 559. The Morgan fingerprint density at radius 2 is 2.15 bits per heavy atom. The van der Waals surface area contributed by atoms with Crippen LogP contribution < -0.4 is 5.32 Å². The molecule has 104 valence electrons. The second-order valence-electron chi connectivity index (χ2n) is 6.06. The van der Waals surface area contributed by atoms with Crippen LogP contribution in [0.2, 0.25) is 0 Å². The van der Waals surface area contributed by atoms with Crippen LogP contribution in [0.25, 0.3) is 0 Å². The minimum Gasteiger partial charge on any atom is -0.326 e. The molecule has 0 heterocycles. The van der Waals surface area contributed by atoms with E-state index in [-0.39, 0.29) is 11.8 Å². The Balaban J connectivity index is 1.61. The quantitative estimate of drug-likeness (QED) is 0.913. The van der Waals surface area contributed by atoms with Crippen molar-refractivity contribution < 1.29 is 4.79 Å². The first-order chi connectivity index (χ1) is 9.76. The molecule has 0 unspecified atom stereocenters. The first kappa shape index (κ1) is 13.2. The number of benzene rings is 1. The number of nitrogens with one attached hydrogen (secondary N) is 1. The molecule has 0 aromatic heterocycles. The van der Waals surface area contributed by atoms with E-state index in [2.05, 4.69) is 23.5 Å². The van der Waals surface area contributed by atoms with Crippen molar-refractivity contribution in [2.75, 3.05) is 5.32 Å². The molecule has 3 rings (SSSR count). The first-order valence-electron chi connectivity index (χ1n) is 7.56. The number of carbonyl (C=O) groups excluding carboxylic acids is 1. The smallest absolute Gasteiger partial charge is 0.227 e. The van der Waals surface area contributed by atoms with Crippen molar-refractivity contribution in [2.24, 2.45) is 11.8 Å². The third-order valence-corrected chi connectivity index (χ3v) is 4.66. The molecule has 0 spiro atoms. The van der Waals surface area contributed by atoms with Crippen LogP contribution in [-0.2, 0) is 17.6 Å². The number of nitrogens with zero attached hydrogens (tertiary/aromatic N) is 1. The molecule has 0 radical (unpaired) electrons. The van der Waals surface area contributed by atoms with Gasteiger partial charge in [-0.3, -0.25) is 4.79 Å². The number of amides is 1. The van der Waals surface area contributed by atoms with Crippen LogP contribution >= 0.6 is 0 Å². The van der Waals surface area contributed by atoms with Gasteiger partial charge in [0.15, 0.2) is 0 Å². The van der Waals surface area contributed by atoms with E-state index < -0.39 is 0 Å². The number of hydrogen-bond donors (Lipinski definition) is 1. The topological polar surface area (TPSA) is 52.9 Å². The van der Waals surface area contributed by atoms with Crippen molar-refractivity contribution in [3.05, 3.63) is 29.3 Å². The molecule has 2 atom stereocenters. The predicted molar refractivity (Wildman–Crippen MR) is 78.2 cm³/mol. The van der Waals surface area contributed by atoms with Crippen LogP contribution in [0.5, 0.6) is 0 Å². The van der Waals surface area contributed by atoms with Gasteiger partial charge < -0.3 is 5.32 Å². The van der Waals surface area contributed by atoms with Gasteiger partial charge in [0.25, 0.3) is 0 Å². The fourth-order valence-electron chi connectivity index (χ4n) is 3.52. The summed E-state index contributed by atoms with van der Waals surface area (Å²) in [4.78, 5) is 12.3. The molecule has 0 bridgehead atoms. The van der Waals surface area contributed by atoms with Gasteiger partial charge in [-0.2, -0.15) is 5.26 Å². The lowest BCUT2D eigenvalue weighted by Gasteiger charge is -2.12. The summed E-state index contributed by atoms with van der Waals surface area (Å²) >= 11 is 0. The maximum Gasteiger partial charge on any atom is 0.227 e. The van der Waals surface area contributed by atoms with Gasteiger partial charge in [0.2, 0.25) is 5.91 Å². The molecule has 3 nitrogen and oxygen atoms in total. The molecule has 0 aliphatic heterocycles. The Morgan fingerprint density at radius 3 is 3.00 bits per heavy atom. The SMILES string of the molecule is N#CC[C@H]1CC[C@H](C(=O)Nc2ccc3c(c2)CCC3)C1. The maximum atomic E-state index is 12.3. The summed E-state index contributed by atoms with van der Waals surface area (Å²) in [5.74, 6) is 0.626. The van der Waals surface area contributed by atoms with E-state index in [9.17, 15) is 4.79 Å². The normalized spacial score (nSPS) is 24.1.